The minimum Gasteiger partial charge on any atom is -0.359 e. The van der Waals surface area contributed by atoms with Crippen molar-refractivity contribution in [3.8, 4) is 0 Å². The Hall–Kier alpha value is -1.88. The first-order valence-electron chi connectivity index (χ1n) is 8.23. The van der Waals surface area contributed by atoms with Gasteiger partial charge in [-0.25, -0.2) is 0 Å². The molecule has 0 spiro atoms. The number of carbonyl (C=O) groups is 2. The van der Waals surface area contributed by atoms with Gasteiger partial charge in [-0.2, -0.15) is 0 Å². The molecular weight excluding hydrogens is 290 g/mol. The summed E-state index contributed by atoms with van der Waals surface area (Å²) in [4.78, 5) is 28.5. The van der Waals surface area contributed by atoms with Crippen LogP contribution in [0.5, 0.6) is 0 Å². The van der Waals surface area contributed by atoms with Gasteiger partial charge in [0.2, 0.25) is 11.8 Å². The fourth-order valence-electron chi connectivity index (χ4n) is 3.11. The zero-order chi connectivity index (χ0) is 16.8. The quantitative estimate of drug-likeness (QED) is 0.886. The highest BCUT2D eigenvalue weighted by atomic mass is 16.2. The summed E-state index contributed by atoms with van der Waals surface area (Å²) in [5.41, 5.74) is 1.17. The molecular formula is C18H27N3O2. The standard InChI is InChI=1S/C18H27N3O2/c1-19-17(22)15-9-11-21(12-10-15)18(23)16(20(2)3)13-14-7-5-4-6-8-14/h4-8,15-16H,9-13H2,1-3H3,(H,19,22). The zero-order valence-corrected chi connectivity index (χ0v) is 14.3. The maximum absolute atomic E-state index is 12.9. The van der Waals surface area contributed by atoms with Crippen molar-refractivity contribution < 1.29 is 9.59 Å². The lowest BCUT2D eigenvalue weighted by molar-refractivity contribution is -0.139. The van der Waals surface area contributed by atoms with Crippen LogP contribution in [0.1, 0.15) is 18.4 Å². The number of hydrogen-bond donors (Lipinski definition) is 1. The molecule has 1 N–H and O–H groups in total. The molecule has 0 radical (unpaired) electrons. The Bertz CT molecular complexity index is 522. The summed E-state index contributed by atoms with van der Waals surface area (Å²) in [6, 6.07) is 9.94. The van der Waals surface area contributed by atoms with Gasteiger partial charge in [-0.05, 0) is 38.9 Å². The van der Waals surface area contributed by atoms with Crippen LogP contribution in [0.2, 0.25) is 0 Å². The molecule has 1 fully saturated rings. The van der Waals surface area contributed by atoms with Gasteiger partial charge in [0, 0.05) is 26.1 Å². The topological polar surface area (TPSA) is 52.7 Å². The molecule has 0 aliphatic carbocycles. The molecule has 0 bridgehead atoms. The molecule has 5 nitrogen and oxygen atoms in total. The maximum atomic E-state index is 12.9. The summed E-state index contributed by atoms with van der Waals surface area (Å²) in [6.07, 6.45) is 2.20. The maximum Gasteiger partial charge on any atom is 0.240 e. The Morgan fingerprint density at radius 3 is 2.35 bits per heavy atom. The summed E-state index contributed by atoms with van der Waals surface area (Å²) in [7, 11) is 5.56. The number of carbonyl (C=O) groups excluding carboxylic acids is 2. The number of rotatable bonds is 5. The number of amides is 2. The van der Waals surface area contributed by atoms with Crippen LogP contribution in [-0.2, 0) is 16.0 Å². The first-order valence-corrected chi connectivity index (χ1v) is 8.23. The SMILES string of the molecule is CNC(=O)C1CCN(C(=O)C(Cc2ccccc2)N(C)C)CC1. The smallest absolute Gasteiger partial charge is 0.240 e. The average Bonchev–Trinajstić information content (AvgIpc) is 2.59. The van der Waals surface area contributed by atoms with Crippen molar-refractivity contribution >= 4 is 11.8 Å². The van der Waals surface area contributed by atoms with E-state index in [9.17, 15) is 9.59 Å². The van der Waals surface area contributed by atoms with E-state index in [0.29, 0.717) is 19.5 Å². The number of piperidine rings is 1. The number of benzene rings is 1. The summed E-state index contributed by atoms with van der Waals surface area (Å²) in [6.45, 7) is 1.33. The Morgan fingerprint density at radius 1 is 1.22 bits per heavy atom. The second-order valence-electron chi connectivity index (χ2n) is 6.38. The third kappa shape index (κ3) is 4.55. The lowest BCUT2D eigenvalue weighted by Crippen LogP contribution is -2.50. The number of hydrogen-bond acceptors (Lipinski definition) is 3. The van der Waals surface area contributed by atoms with Gasteiger partial charge in [0.1, 0.15) is 0 Å². The number of likely N-dealkylation sites (tertiary alicyclic amines) is 1. The predicted octanol–water partition coefficient (Wildman–Crippen LogP) is 1.14. The molecule has 1 unspecified atom stereocenters. The molecule has 1 heterocycles. The second kappa shape index (κ2) is 8.11. The van der Waals surface area contributed by atoms with Gasteiger partial charge in [-0.3, -0.25) is 14.5 Å². The third-order valence-electron chi connectivity index (χ3n) is 4.60. The molecule has 1 aliphatic heterocycles. The van der Waals surface area contributed by atoms with Crippen molar-refractivity contribution in [1.29, 1.82) is 0 Å². The van der Waals surface area contributed by atoms with Crippen molar-refractivity contribution in [2.24, 2.45) is 5.92 Å². The second-order valence-corrected chi connectivity index (χ2v) is 6.38. The van der Waals surface area contributed by atoms with Crippen LogP contribution in [0.25, 0.3) is 0 Å². The van der Waals surface area contributed by atoms with E-state index in [1.54, 1.807) is 7.05 Å². The highest BCUT2D eigenvalue weighted by Gasteiger charge is 2.31. The highest BCUT2D eigenvalue weighted by Crippen LogP contribution is 2.19. The van der Waals surface area contributed by atoms with Gasteiger partial charge in [-0.15, -0.1) is 0 Å². The van der Waals surface area contributed by atoms with E-state index in [-0.39, 0.29) is 23.8 Å². The minimum absolute atomic E-state index is 0.0379. The molecule has 1 saturated heterocycles. The van der Waals surface area contributed by atoms with E-state index in [2.05, 4.69) is 17.4 Å². The number of nitrogens with one attached hydrogen (secondary N) is 1. The fourth-order valence-corrected chi connectivity index (χ4v) is 3.11. The zero-order valence-electron chi connectivity index (χ0n) is 14.3. The van der Waals surface area contributed by atoms with Gasteiger partial charge in [-0.1, -0.05) is 30.3 Å². The minimum atomic E-state index is -0.158. The predicted molar refractivity (Wildman–Crippen MR) is 91.0 cm³/mol. The average molecular weight is 317 g/mol. The van der Waals surface area contributed by atoms with Crippen LogP contribution in [0.4, 0.5) is 0 Å². The van der Waals surface area contributed by atoms with Gasteiger partial charge in [0.15, 0.2) is 0 Å². The molecule has 23 heavy (non-hydrogen) atoms. The van der Waals surface area contributed by atoms with Crippen LogP contribution >= 0.6 is 0 Å². The summed E-state index contributed by atoms with van der Waals surface area (Å²) >= 11 is 0. The van der Waals surface area contributed by atoms with E-state index in [1.807, 2.05) is 42.1 Å². The van der Waals surface area contributed by atoms with Gasteiger partial charge >= 0.3 is 0 Å². The molecule has 2 amide bonds. The first-order chi connectivity index (χ1) is 11.0. The molecule has 1 aromatic carbocycles. The van der Waals surface area contributed by atoms with Crippen molar-refractivity contribution in [2.45, 2.75) is 25.3 Å². The Labute approximate surface area is 138 Å². The van der Waals surface area contributed by atoms with Gasteiger partial charge in [0.05, 0.1) is 6.04 Å². The van der Waals surface area contributed by atoms with E-state index in [4.69, 9.17) is 0 Å². The molecule has 2 rings (SSSR count). The molecule has 126 valence electrons. The Balaban J connectivity index is 1.98. The molecule has 1 aromatic rings. The summed E-state index contributed by atoms with van der Waals surface area (Å²) in [5.74, 6) is 0.288. The number of nitrogens with zero attached hydrogens (tertiary/aromatic N) is 2. The highest BCUT2D eigenvalue weighted by molar-refractivity contribution is 5.83. The van der Waals surface area contributed by atoms with Crippen molar-refractivity contribution in [3.63, 3.8) is 0 Å². The van der Waals surface area contributed by atoms with Gasteiger partial charge < -0.3 is 10.2 Å². The van der Waals surface area contributed by atoms with Gasteiger partial charge in [0.25, 0.3) is 0 Å². The van der Waals surface area contributed by atoms with E-state index in [1.165, 1.54) is 5.56 Å². The normalized spacial score (nSPS) is 17.1. The molecule has 1 aliphatic rings. The summed E-state index contributed by atoms with van der Waals surface area (Å²) in [5, 5.41) is 2.70. The van der Waals surface area contributed by atoms with E-state index < -0.39 is 0 Å². The summed E-state index contributed by atoms with van der Waals surface area (Å²) < 4.78 is 0. The lowest BCUT2D eigenvalue weighted by atomic mass is 9.95. The van der Waals surface area contributed by atoms with E-state index in [0.717, 1.165) is 12.8 Å². The third-order valence-corrected chi connectivity index (χ3v) is 4.60. The van der Waals surface area contributed by atoms with E-state index >= 15 is 0 Å². The van der Waals surface area contributed by atoms with Crippen LogP contribution in [0.15, 0.2) is 30.3 Å². The molecule has 5 heteroatoms. The van der Waals surface area contributed by atoms with Crippen molar-refractivity contribution in [2.75, 3.05) is 34.2 Å². The van der Waals surface area contributed by atoms with Crippen LogP contribution in [0.3, 0.4) is 0 Å². The Morgan fingerprint density at radius 2 is 1.83 bits per heavy atom. The van der Waals surface area contributed by atoms with Crippen molar-refractivity contribution in [1.82, 2.24) is 15.1 Å². The van der Waals surface area contributed by atoms with Crippen molar-refractivity contribution in [3.05, 3.63) is 35.9 Å². The van der Waals surface area contributed by atoms with Crippen LogP contribution < -0.4 is 5.32 Å². The molecule has 0 saturated carbocycles. The fraction of sp³-hybridized carbons (Fsp3) is 0.556. The number of likely N-dealkylation sites (N-methyl/N-ethyl adjacent to an activating group) is 1. The lowest BCUT2D eigenvalue weighted by Gasteiger charge is -2.35. The monoisotopic (exact) mass is 317 g/mol. The van der Waals surface area contributed by atoms with Crippen LogP contribution in [0, 0.1) is 5.92 Å². The Kier molecular flexibility index (Phi) is 6.16. The molecule has 1 atom stereocenters. The van der Waals surface area contributed by atoms with Crippen LogP contribution in [-0.4, -0.2) is 61.9 Å². The largest absolute Gasteiger partial charge is 0.359 e. The first kappa shape index (κ1) is 17.5. The molecule has 0 aromatic heterocycles.